The molecule has 2 aromatic carbocycles. The summed E-state index contributed by atoms with van der Waals surface area (Å²) >= 11 is 0. The largest absolute Gasteiger partial charge is 0.508 e. The van der Waals surface area contributed by atoms with E-state index in [9.17, 15) is 9.90 Å². The van der Waals surface area contributed by atoms with Gasteiger partial charge in [-0.05, 0) is 42.0 Å². The molecule has 1 aliphatic rings. The third kappa shape index (κ3) is 2.46. The molecule has 4 rings (SSSR count). The smallest absolute Gasteiger partial charge is 0.265 e. The van der Waals surface area contributed by atoms with Gasteiger partial charge in [0, 0.05) is 17.4 Å². The molecule has 1 aliphatic heterocycles. The first-order chi connectivity index (χ1) is 11.5. The Hall–Kier alpha value is -3.02. The standard InChI is InChI=1S/C18H16N4O2/c1-18(9-16(24)22-19-10-18)12-4-7-14-15(8-12)21-17(20-14)11-2-5-13(23)6-3-11/h2-8,23H,9-10H2,1H3,(H,20,21). The fraction of sp³-hybridized carbons (Fsp3) is 0.222. The van der Waals surface area contributed by atoms with Gasteiger partial charge < -0.3 is 10.1 Å². The Balaban J connectivity index is 1.75. The van der Waals surface area contributed by atoms with Crippen LogP contribution in [0.25, 0.3) is 22.4 Å². The van der Waals surface area contributed by atoms with Gasteiger partial charge in [0.25, 0.3) is 5.91 Å². The van der Waals surface area contributed by atoms with Gasteiger partial charge in [0.05, 0.1) is 17.6 Å². The van der Waals surface area contributed by atoms with Crippen molar-refractivity contribution in [1.29, 1.82) is 0 Å². The van der Waals surface area contributed by atoms with Gasteiger partial charge in [-0.25, -0.2) is 4.98 Å². The molecule has 3 aromatic rings. The van der Waals surface area contributed by atoms with E-state index < -0.39 is 0 Å². The maximum Gasteiger partial charge on any atom is 0.265 e. The Morgan fingerprint density at radius 2 is 1.96 bits per heavy atom. The number of phenolic OH excluding ortho intramolecular Hbond substituents is 1. The number of carbonyl (C=O) groups excluding carboxylic acids is 1. The van der Waals surface area contributed by atoms with Crippen LogP contribution in [0, 0.1) is 0 Å². The third-order valence-electron chi connectivity index (χ3n) is 4.46. The lowest BCUT2D eigenvalue weighted by Gasteiger charge is -2.28. The van der Waals surface area contributed by atoms with Crippen LogP contribution < -0.4 is 0 Å². The van der Waals surface area contributed by atoms with E-state index in [0.29, 0.717) is 13.0 Å². The van der Waals surface area contributed by atoms with Crippen LogP contribution in [0.1, 0.15) is 18.9 Å². The molecule has 6 heteroatoms. The molecule has 1 atom stereocenters. The Kier molecular flexibility index (Phi) is 3.19. The number of aromatic amines is 1. The highest BCUT2D eigenvalue weighted by atomic mass is 16.3. The van der Waals surface area contributed by atoms with Crippen molar-refractivity contribution < 1.29 is 9.90 Å². The van der Waals surface area contributed by atoms with Gasteiger partial charge in [-0.1, -0.05) is 13.0 Å². The molecule has 2 N–H and O–H groups in total. The first kappa shape index (κ1) is 14.6. The van der Waals surface area contributed by atoms with Gasteiger partial charge in [0.1, 0.15) is 11.6 Å². The summed E-state index contributed by atoms with van der Waals surface area (Å²) in [6, 6.07) is 12.9. The van der Waals surface area contributed by atoms with Crippen LogP contribution in [0.2, 0.25) is 0 Å². The fourth-order valence-electron chi connectivity index (χ4n) is 3.03. The molecule has 120 valence electrons. The number of carbonyl (C=O) groups is 1. The summed E-state index contributed by atoms with van der Waals surface area (Å²) in [4.78, 5) is 19.5. The van der Waals surface area contributed by atoms with Crippen molar-refractivity contribution in [3.63, 3.8) is 0 Å². The van der Waals surface area contributed by atoms with Gasteiger partial charge in [-0.3, -0.25) is 4.79 Å². The topological polar surface area (TPSA) is 90.7 Å². The van der Waals surface area contributed by atoms with Crippen molar-refractivity contribution in [2.45, 2.75) is 18.8 Å². The summed E-state index contributed by atoms with van der Waals surface area (Å²) in [7, 11) is 0. The second-order valence-corrected chi connectivity index (χ2v) is 6.39. The van der Waals surface area contributed by atoms with Gasteiger partial charge >= 0.3 is 0 Å². The van der Waals surface area contributed by atoms with Crippen molar-refractivity contribution in [2.24, 2.45) is 10.2 Å². The first-order valence-corrected chi connectivity index (χ1v) is 7.73. The number of amides is 1. The number of aromatic hydroxyl groups is 1. The second kappa shape index (κ2) is 5.26. The van der Waals surface area contributed by atoms with Crippen molar-refractivity contribution in [2.75, 3.05) is 6.54 Å². The molecule has 0 bridgehead atoms. The van der Waals surface area contributed by atoms with E-state index in [2.05, 4.69) is 20.2 Å². The van der Waals surface area contributed by atoms with Gasteiger partial charge in [-0.15, -0.1) is 5.11 Å². The minimum Gasteiger partial charge on any atom is -0.508 e. The van der Waals surface area contributed by atoms with Gasteiger partial charge in [0.2, 0.25) is 0 Å². The van der Waals surface area contributed by atoms with Crippen molar-refractivity contribution in [1.82, 2.24) is 9.97 Å². The Morgan fingerprint density at radius 3 is 2.71 bits per heavy atom. The highest BCUT2D eigenvalue weighted by molar-refractivity contribution is 5.82. The van der Waals surface area contributed by atoms with E-state index in [1.54, 1.807) is 12.1 Å². The van der Waals surface area contributed by atoms with Crippen LogP contribution >= 0.6 is 0 Å². The minimum atomic E-state index is -0.336. The van der Waals surface area contributed by atoms with Crippen molar-refractivity contribution >= 4 is 16.9 Å². The number of imidazole rings is 1. The minimum absolute atomic E-state index is 0.182. The Morgan fingerprint density at radius 1 is 1.17 bits per heavy atom. The van der Waals surface area contributed by atoms with E-state index in [1.807, 2.05) is 37.3 Å². The third-order valence-corrected chi connectivity index (χ3v) is 4.46. The lowest BCUT2D eigenvalue weighted by atomic mass is 9.78. The number of aromatic nitrogens is 2. The predicted octanol–water partition coefficient (Wildman–Crippen LogP) is 3.58. The maximum atomic E-state index is 11.6. The summed E-state index contributed by atoms with van der Waals surface area (Å²) in [5.41, 5.74) is 3.37. The summed E-state index contributed by atoms with van der Waals surface area (Å²) in [5, 5.41) is 17.0. The van der Waals surface area contributed by atoms with E-state index in [1.165, 1.54) is 0 Å². The summed E-state index contributed by atoms with van der Waals surface area (Å²) < 4.78 is 0. The molecule has 1 amide bonds. The zero-order chi connectivity index (χ0) is 16.7. The lowest BCUT2D eigenvalue weighted by molar-refractivity contribution is -0.120. The number of hydrogen-bond acceptors (Lipinski definition) is 4. The fourth-order valence-corrected chi connectivity index (χ4v) is 3.03. The van der Waals surface area contributed by atoms with E-state index >= 15 is 0 Å². The Labute approximate surface area is 138 Å². The van der Waals surface area contributed by atoms with E-state index in [4.69, 9.17) is 0 Å². The zero-order valence-corrected chi connectivity index (χ0v) is 13.2. The summed E-state index contributed by atoms with van der Waals surface area (Å²) in [6.07, 6.45) is 0.362. The molecule has 24 heavy (non-hydrogen) atoms. The molecule has 2 heterocycles. The molecule has 0 radical (unpaired) electrons. The SMILES string of the molecule is CC1(c2ccc3nc(-c4ccc(O)cc4)[nH]c3c2)CN=NC(=O)C1. The normalized spacial score (nSPS) is 20.6. The van der Waals surface area contributed by atoms with Crippen LogP contribution in [0.5, 0.6) is 5.75 Å². The molecule has 0 spiro atoms. The highest BCUT2D eigenvalue weighted by Crippen LogP contribution is 2.33. The molecule has 0 saturated carbocycles. The molecule has 1 unspecified atom stereocenters. The molecule has 0 aliphatic carbocycles. The summed E-state index contributed by atoms with van der Waals surface area (Å²) in [6.45, 7) is 2.53. The number of hydrogen-bond donors (Lipinski definition) is 2. The van der Waals surface area contributed by atoms with E-state index in [0.717, 1.165) is 28.0 Å². The van der Waals surface area contributed by atoms with Crippen molar-refractivity contribution in [3.8, 4) is 17.1 Å². The maximum absolute atomic E-state index is 11.6. The summed E-state index contributed by atoms with van der Waals surface area (Å²) in [5.74, 6) is 0.783. The zero-order valence-electron chi connectivity index (χ0n) is 13.2. The molecule has 6 nitrogen and oxygen atoms in total. The number of phenols is 1. The second-order valence-electron chi connectivity index (χ2n) is 6.39. The number of azo groups is 1. The van der Waals surface area contributed by atoms with Crippen LogP contribution in [-0.2, 0) is 10.2 Å². The number of fused-ring (bicyclic) bond motifs is 1. The number of H-pyrrole nitrogens is 1. The number of benzene rings is 2. The molecule has 0 saturated heterocycles. The number of nitrogens with one attached hydrogen (secondary N) is 1. The van der Waals surface area contributed by atoms with Crippen LogP contribution in [0.4, 0.5) is 0 Å². The predicted molar refractivity (Wildman–Crippen MR) is 89.9 cm³/mol. The van der Waals surface area contributed by atoms with Gasteiger partial charge in [-0.2, -0.15) is 5.11 Å². The molecular weight excluding hydrogens is 304 g/mol. The van der Waals surface area contributed by atoms with E-state index in [-0.39, 0.29) is 17.1 Å². The van der Waals surface area contributed by atoms with Gasteiger partial charge in [0.15, 0.2) is 0 Å². The monoisotopic (exact) mass is 320 g/mol. The van der Waals surface area contributed by atoms with Crippen molar-refractivity contribution in [3.05, 3.63) is 48.0 Å². The molecule has 1 aromatic heterocycles. The molecule has 0 fully saturated rings. The van der Waals surface area contributed by atoms with Crippen LogP contribution in [0.3, 0.4) is 0 Å². The molecular formula is C18H16N4O2. The average Bonchev–Trinajstić information content (AvgIpc) is 2.98. The van der Waals surface area contributed by atoms with Crippen LogP contribution in [-0.4, -0.2) is 27.5 Å². The number of nitrogens with zero attached hydrogens (tertiary/aromatic N) is 3. The van der Waals surface area contributed by atoms with Crippen LogP contribution in [0.15, 0.2) is 52.7 Å². The highest BCUT2D eigenvalue weighted by Gasteiger charge is 2.32. The quantitative estimate of drug-likeness (QED) is 0.756. The average molecular weight is 320 g/mol. The first-order valence-electron chi connectivity index (χ1n) is 7.73. The lowest BCUT2D eigenvalue weighted by Crippen LogP contribution is -2.31. The Bertz CT molecular complexity index is 959. The number of rotatable bonds is 2.